The molecule has 3 nitrogen and oxygen atoms in total. The van der Waals surface area contributed by atoms with Gasteiger partial charge in [0.1, 0.15) is 10.2 Å². The Labute approximate surface area is 108 Å². The van der Waals surface area contributed by atoms with Crippen molar-refractivity contribution in [3.8, 4) is 0 Å². The summed E-state index contributed by atoms with van der Waals surface area (Å²) in [6.45, 7) is 1.72. The number of hydrogen-bond acceptors (Lipinski definition) is 2. The van der Waals surface area contributed by atoms with Gasteiger partial charge >= 0.3 is 0 Å². The molecule has 86 valence electrons. The van der Waals surface area contributed by atoms with E-state index in [1.165, 1.54) is 6.20 Å². The topological polar surface area (TPSA) is 42.0 Å². The Morgan fingerprint density at radius 2 is 2.12 bits per heavy atom. The van der Waals surface area contributed by atoms with Crippen molar-refractivity contribution in [3.63, 3.8) is 0 Å². The summed E-state index contributed by atoms with van der Waals surface area (Å²) >= 11 is 17.5. The molecule has 1 aromatic rings. The number of alkyl halides is 2. The van der Waals surface area contributed by atoms with E-state index in [9.17, 15) is 4.79 Å². The molecule has 0 aliphatic heterocycles. The number of hydrogen-bond donors (Lipinski definition) is 1. The summed E-state index contributed by atoms with van der Waals surface area (Å²) in [5, 5.41) is 3.16. The largest absolute Gasteiger partial charge is 0.310 e. The van der Waals surface area contributed by atoms with Crippen LogP contribution in [0.1, 0.15) is 13.3 Å². The standard InChI is InChI=1S/C10H9Cl3N2O/c1-9(5-10(9,12)13)8(16)15-7-3-2-6(11)4-14-7/h2-4H,5H2,1H3,(H,14,15,16)/t9-/m1/s1. The summed E-state index contributed by atoms with van der Waals surface area (Å²) in [6, 6.07) is 3.27. The van der Waals surface area contributed by atoms with Gasteiger partial charge in [-0.15, -0.1) is 23.2 Å². The molecule has 0 saturated heterocycles. The third kappa shape index (κ3) is 1.99. The van der Waals surface area contributed by atoms with Crippen molar-refractivity contribution >= 4 is 46.5 Å². The van der Waals surface area contributed by atoms with Gasteiger partial charge in [0.2, 0.25) is 5.91 Å². The molecule has 1 N–H and O–H groups in total. The second-order valence-electron chi connectivity index (χ2n) is 4.03. The van der Waals surface area contributed by atoms with Crippen molar-refractivity contribution in [1.82, 2.24) is 4.98 Å². The first-order valence-electron chi connectivity index (χ1n) is 4.66. The van der Waals surface area contributed by atoms with E-state index in [0.717, 1.165) is 0 Å². The van der Waals surface area contributed by atoms with Gasteiger partial charge < -0.3 is 5.32 Å². The molecule has 1 aliphatic carbocycles. The predicted molar refractivity (Wildman–Crippen MR) is 65.0 cm³/mol. The molecule has 0 unspecified atom stereocenters. The van der Waals surface area contributed by atoms with E-state index in [1.54, 1.807) is 19.1 Å². The lowest BCUT2D eigenvalue weighted by Gasteiger charge is -2.11. The molecule has 2 rings (SSSR count). The Hall–Kier alpha value is -0.510. The molecule has 1 fully saturated rings. The highest BCUT2D eigenvalue weighted by Crippen LogP contribution is 2.64. The molecule has 1 saturated carbocycles. The number of nitrogens with zero attached hydrogens (tertiary/aromatic N) is 1. The Bertz CT molecular complexity index is 432. The molecular weight excluding hydrogens is 270 g/mol. The zero-order valence-electron chi connectivity index (χ0n) is 8.43. The highest BCUT2D eigenvalue weighted by molar-refractivity contribution is 6.53. The lowest BCUT2D eigenvalue weighted by atomic mass is 10.1. The highest BCUT2D eigenvalue weighted by atomic mass is 35.5. The lowest BCUT2D eigenvalue weighted by molar-refractivity contribution is -0.120. The molecule has 0 aromatic carbocycles. The average molecular weight is 280 g/mol. The van der Waals surface area contributed by atoms with Gasteiger partial charge in [-0.05, 0) is 25.5 Å². The first-order valence-corrected chi connectivity index (χ1v) is 5.79. The smallest absolute Gasteiger partial charge is 0.234 e. The number of carbonyl (C=O) groups is 1. The molecule has 1 amide bonds. The van der Waals surface area contributed by atoms with Crippen LogP contribution in [0.3, 0.4) is 0 Å². The number of amides is 1. The molecule has 1 aliphatic rings. The maximum absolute atomic E-state index is 11.8. The molecule has 0 bridgehead atoms. The molecule has 1 aromatic heterocycles. The van der Waals surface area contributed by atoms with Crippen LogP contribution < -0.4 is 5.32 Å². The summed E-state index contributed by atoms with van der Waals surface area (Å²) in [7, 11) is 0. The van der Waals surface area contributed by atoms with Crippen LogP contribution >= 0.6 is 34.8 Å². The van der Waals surface area contributed by atoms with E-state index in [2.05, 4.69) is 10.3 Å². The van der Waals surface area contributed by atoms with Crippen LogP contribution in [0.5, 0.6) is 0 Å². The Kier molecular flexibility index (Phi) is 2.81. The SMILES string of the molecule is C[C@]1(C(=O)Nc2ccc(Cl)cn2)CC1(Cl)Cl. The van der Waals surface area contributed by atoms with E-state index in [-0.39, 0.29) is 5.91 Å². The number of aromatic nitrogens is 1. The lowest BCUT2D eigenvalue weighted by Crippen LogP contribution is -2.26. The molecule has 16 heavy (non-hydrogen) atoms. The van der Waals surface area contributed by atoms with Crippen molar-refractivity contribution in [2.75, 3.05) is 5.32 Å². The Balaban J connectivity index is 2.07. The van der Waals surface area contributed by atoms with E-state index < -0.39 is 9.75 Å². The van der Waals surface area contributed by atoms with Gasteiger partial charge in [-0.25, -0.2) is 4.98 Å². The molecule has 0 spiro atoms. The van der Waals surface area contributed by atoms with Crippen LogP contribution in [0.15, 0.2) is 18.3 Å². The summed E-state index contributed by atoms with van der Waals surface area (Å²) in [5.74, 6) is 0.207. The van der Waals surface area contributed by atoms with Crippen LogP contribution in [0, 0.1) is 5.41 Å². The fourth-order valence-electron chi connectivity index (χ4n) is 1.35. The molecule has 1 heterocycles. The third-order valence-corrected chi connectivity index (χ3v) is 4.05. The van der Waals surface area contributed by atoms with Gasteiger partial charge in [-0.3, -0.25) is 4.79 Å². The van der Waals surface area contributed by atoms with E-state index in [1.807, 2.05) is 0 Å². The average Bonchev–Trinajstić information content (AvgIpc) is 2.71. The second-order valence-corrected chi connectivity index (χ2v) is 5.95. The monoisotopic (exact) mass is 278 g/mol. The van der Waals surface area contributed by atoms with Crippen LogP contribution in [0.2, 0.25) is 5.02 Å². The third-order valence-electron chi connectivity index (χ3n) is 2.73. The first-order chi connectivity index (χ1) is 7.35. The number of pyridine rings is 1. The fourth-order valence-corrected chi connectivity index (χ4v) is 2.17. The van der Waals surface area contributed by atoms with Gasteiger partial charge in [-0.2, -0.15) is 0 Å². The fraction of sp³-hybridized carbons (Fsp3) is 0.400. The minimum Gasteiger partial charge on any atom is -0.310 e. The zero-order chi connectivity index (χ0) is 12.0. The Morgan fingerprint density at radius 1 is 1.50 bits per heavy atom. The van der Waals surface area contributed by atoms with Crippen molar-refractivity contribution in [1.29, 1.82) is 0 Å². The molecule has 6 heteroatoms. The number of nitrogens with one attached hydrogen (secondary N) is 1. The summed E-state index contributed by atoms with van der Waals surface area (Å²) < 4.78 is -0.969. The normalized spacial score (nSPS) is 26.2. The van der Waals surface area contributed by atoms with Crippen LogP contribution in [-0.4, -0.2) is 15.2 Å². The van der Waals surface area contributed by atoms with Gasteiger partial charge in [-0.1, -0.05) is 11.6 Å². The molecular formula is C10H9Cl3N2O. The van der Waals surface area contributed by atoms with E-state index in [0.29, 0.717) is 17.3 Å². The first kappa shape index (κ1) is 12.0. The predicted octanol–water partition coefficient (Wildman–Crippen LogP) is 3.26. The van der Waals surface area contributed by atoms with E-state index >= 15 is 0 Å². The highest BCUT2D eigenvalue weighted by Gasteiger charge is 2.67. The maximum Gasteiger partial charge on any atom is 0.234 e. The van der Waals surface area contributed by atoms with Gasteiger partial charge in [0.25, 0.3) is 0 Å². The minimum atomic E-state index is -0.969. The van der Waals surface area contributed by atoms with Crippen molar-refractivity contribution < 1.29 is 4.79 Å². The minimum absolute atomic E-state index is 0.229. The quantitative estimate of drug-likeness (QED) is 0.844. The molecule has 0 radical (unpaired) electrons. The Morgan fingerprint density at radius 3 is 2.56 bits per heavy atom. The molecule has 1 atom stereocenters. The summed E-state index contributed by atoms with van der Waals surface area (Å²) in [4.78, 5) is 15.8. The number of rotatable bonds is 2. The van der Waals surface area contributed by atoms with Gasteiger partial charge in [0.05, 0.1) is 10.4 Å². The summed E-state index contributed by atoms with van der Waals surface area (Å²) in [5.41, 5.74) is -0.739. The van der Waals surface area contributed by atoms with Crippen LogP contribution in [0.4, 0.5) is 5.82 Å². The van der Waals surface area contributed by atoms with Crippen LogP contribution in [-0.2, 0) is 4.79 Å². The zero-order valence-corrected chi connectivity index (χ0v) is 10.7. The van der Waals surface area contributed by atoms with Gasteiger partial charge in [0.15, 0.2) is 0 Å². The number of halogens is 3. The van der Waals surface area contributed by atoms with Crippen molar-refractivity contribution in [2.45, 2.75) is 17.7 Å². The van der Waals surface area contributed by atoms with Crippen molar-refractivity contribution in [3.05, 3.63) is 23.4 Å². The summed E-state index contributed by atoms with van der Waals surface area (Å²) in [6.07, 6.45) is 1.91. The maximum atomic E-state index is 11.8. The van der Waals surface area contributed by atoms with Crippen LogP contribution in [0.25, 0.3) is 0 Å². The van der Waals surface area contributed by atoms with Gasteiger partial charge in [0, 0.05) is 6.20 Å². The number of carbonyl (C=O) groups excluding carboxylic acids is 1. The van der Waals surface area contributed by atoms with Crippen molar-refractivity contribution in [2.24, 2.45) is 5.41 Å². The van der Waals surface area contributed by atoms with E-state index in [4.69, 9.17) is 34.8 Å². The second kappa shape index (κ2) is 3.76. The number of anilines is 1.